The molecule has 122 valence electrons. The summed E-state index contributed by atoms with van der Waals surface area (Å²) in [6.07, 6.45) is 2.28. The molecule has 3 nitrogen and oxygen atoms in total. The van der Waals surface area contributed by atoms with Crippen molar-refractivity contribution in [1.82, 2.24) is 4.90 Å². The minimum atomic E-state index is -0.0498. The first-order chi connectivity index (χ1) is 11.2. The molecule has 0 bridgehead atoms. The number of piperidine rings is 1. The Labute approximate surface area is 138 Å². The molecule has 1 aliphatic heterocycles. The molecular formula is C20H25NO2. The highest BCUT2D eigenvalue weighted by Gasteiger charge is 2.31. The standard InChI is InChI=1S/C20H25NO2/c1-2-11-21-12-10-17(15-6-4-3-5-7-15)18(14-21)16-8-9-19(22)20(23)13-16/h3-9,13,17-18,22-23H,2,10-12,14H2,1H3/t17-,18-/m1/s1. The van der Waals surface area contributed by atoms with Crippen LogP contribution in [-0.4, -0.2) is 34.7 Å². The average molecular weight is 311 g/mol. The largest absolute Gasteiger partial charge is 0.504 e. The molecule has 3 heteroatoms. The van der Waals surface area contributed by atoms with E-state index in [9.17, 15) is 10.2 Å². The molecule has 0 unspecified atom stereocenters. The third kappa shape index (κ3) is 3.50. The molecule has 2 aromatic rings. The van der Waals surface area contributed by atoms with E-state index in [1.54, 1.807) is 12.1 Å². The molecule has 0 spiro atoms. The van der Waals surface area contributed by atoms with Crippen LogP contribution in [0.5, 0.6) is 11.5 Å². The van der Waals surface area contributed by atoms with Gasteiger partial charge in [0.15, 0.2) is 11.5 Å². The smallest absolute Gasteiger partial charge is 0.157 e. The Bertz CT molecular complexity index is 641. The summed E-state index contributed by atoms with van der Waals surface area (Å²) in [4.78, 5) is 2.51. The first-order valence-corrected chi connectivity index (χ1v) is 8.48. The summed E-state index contributed by atoms with van der Waals surface area (Å²) >= 11 is 0. The lowest BCUT2D eigenvalue weighted by atomic mass is 9.76. The molecule has 1 heterocycles. The Kier molecular flexibility index (Phi) is 4.87. The fourth-order valence-corrected chi connectivity index (χ4v) is 3.75. The van der Waals surface area contributed by atoms with Gasteiger partial charge >= 0.3 is 0 Å². The number of phenols is 2. The molecule has 0 aliphatic carbocycles. The molecule has 1 saturated heterocycles. The molecule has 23 heavy (non-hydrogen) atoms. The van der Waals surface area contributed by atoms with Crippen LogP contribution in [0.2, 0.25) is 0 Å². The number of aromatic hydroxyl groups is 2. The number of rotatable bonds is 4. The fraction of sp³-hybridized carbons (Fsp3) is 0.400. The summed E-state index contributed by atoms with van der Waals surface area (Å²) in [6, 6.07) is 15.9. The van der Waals surface area contributed by atoms with E-state index in [4.69, 9.17) is 0 Å². The number of likely N-dealkylation sites (tertiary alicyclic amines) is 1. The van der Waals surface area contributed by atoms with Crippen LogP contribution in [-0.2, 0) is 0 Å². The van der Waals surface area contributed by atoms with Crippen molar-refractivity contribution < 1.29 is 10.2 Å². The van der Waals surface area contributed by atoms with Gasteiger partial charge in [0.2, 0.25) is 0 Å². The number of benzene rings is 2. The second-order valence-electron chi connectivity index (χ2n) is 6.46. The maximum Gasteiger partial charge on any atom is 0.157 e. The molecular weight excluding hydrogens is 286 g/mol. The van der Waals surface area contributed by atoms with E-state index < -0.39 is 0 Å². The summed E-state index contributed by atoms with van der Waals surface area (Å²) in [5.41, 5.74) is 2.47. The second kappa shape index (κ2) is 7.05. The SMILES string of the molecule is CCCN1CC[C@H](c2ccccc2)[C@@H](c2ccc(O)c(O)c2)C1. The average Bonchev–Trinajstić information content (AvgIpc) is 2.58. The summed E-state index contributed by atoms with van der Waals surface area (Å²) in [5, 5.41) is 19.5. The van der Waals surface area contributed by atoms with Gasteiger partial charge in [-0.05, 0) is 55.1 Å². The maximum atomic E-state index is 9.89. The van der Waals surface area contributed by atoms with Crippen LogP contribution in [0.1, 0.15) is 42.7 Å². The van der Waals surface area contributed by atoms with Crippen molar-refractivity contribution in [3.8, 4) is 11.5 Å². The summed E-state index contributed by atoms with van der Waals surface area (Å²) in [7, 11) is 0. The van der Waals surface area contributed by atoms with Crippen molar-refractivity contribution in [1.29, 1.82) is 0 Å². The molecule has 3 rings (SSSR count). The van der Waals surface area contributed by atoms with E-state index in [1.807, 2.05) is 6.07 Å². The lowest BCUT2D eigenvalue weighted by Crippen LogP contribution is -2.38. The van der Waals surface area contributed by atoms with Gasteiger partial charge in [0.25, 0.3) is 0 Å². The lowest BCUT2D eigenvalue weighted by Gasteiger charge is -2.39. The Balaban J connectivity index is 1.92. The highest BCUT2D eigenvalue weighted by molar-refractivity contribution is 5.43. The molecule has 0 saturated carbocycles. The van der Waals surface area contributed by atoms with Crippen molar-refractivity contribution in [2.45, 2.75) is 31.6 Å². The van der Waals surface area contributed by atoms with Gasteiger partial charge in [0, 0.05) is 12.5 Å². The van der Waals surface area contributed by atoms with Gasteiger partial charge in [-0.25, -0.2) is 0 Å². The molecule has 1 aliphatic rings. The van der Waals surface area contributed by atoms with Crippen LogP contribution >= 0.6 is 0 Å². The zero-order chi connectivity index (χ0) is 16.2. The van der Waals surface area contributed by atoms with Gasteiger partial charge in [-0.2, -0.15) is 0 Å². The van der Waals surface area contributed by atoms with Crippen molar-refractivity contribution in [2.24, 2.45) is 0 Å². The normalized spacial score (nSPS) is 22.1. The molecule has 2 N–H and O–H groups in total. The Morgan fingerprint density at radius 3 is 2.43 bits per heavy atom. The van der Waals surface area contributed by atoms with Gasteiger partial charge in [-0.3, -0.25) is 0 Å². The fourth-order valence-electron chi connectivity index (χ4n) is 3.75. The molecule has 0 aromatic heterocycles. The zero-order valence-corrected chi connectivity index (χ0v) is 13.7. The van der Waals surface area contributed by atoms with Crippen molar-refractivity contribution in [2.75, 3.05) is 19.6 Å². The quantitative estimate of drug-likeness (QED) is 0.836. The minimum absolute atomic E-state index is 0.0260. The summed E-state index contributed by atoms with van der Waals surface area (Å²) in [6.45, 7) is 5.44. The van der Waals surface area contributed by atoms with Crippen LogP contribution in [0.4, 0.5) is 0 Å². The molecule has 2 atom stereocenters. The molecule has 1 fully saturated rings. The number of phenolic OH excluding ortho intramolecular Hbond substituents is 2. The zero-order valence-electron chi connectivity index (χ0n) is 13.7. The third-order valence-electron chi connectivity index (χ3n) is 4.89. The third-order valence-corrected chi connectivity index (χ3v) is 4.89. The monoisotopic (exact) mass is 311 g/mol. The number of hydrogen-bond acceptors (Lipinski definition) is 3. The van der Waals surface area contributed by atoms with Crippen molar-refractivity contribution in [3.63, 3.8) is 0 Å². The van der Waals surface area contributed by atoms with E-state index in [2.05, 4.69) is 42.2 Å². The predicted octanol–water partition coefficient (Wildman–Crippen LogP) is 4.08. The Morgan fingerprint density at radius 2 is 1.74 bits per heavy atom. The van der Waals surface area contributed by atoms with Gasteiger partial charge < -0.3 is 15.1 Å². The molecule has 2 aromatic carbocycles. The second-order valence-corrected chi connectivity index (χ2v) is 6.46. The van der Waals surface area contributed by atoms with Crippen molar-refractivity contribution in [3.05, 3.63) is 59.7 Å². The topological polar surface area (TPSA) is 43.7 Å². The van der Waals surface area contributed by atoms with E-state index in [-0.39, 0.29) is 11.5 Å². The van der Waals surface area contributed by atoms with Crippen LogP contribution in [0.15, 0.2) is 48.5 Å². The lowest BCUT2D eigenvalue weighted by molar-refractivity contribution is 0.189. The highest BCUT2D eigenvalue weighted by atomic mass is 16.3. The predicted molar refractivity (Wildman–Crippen MR) is 93.0 cm³/mol. The Morgan fingerprint density at radius 1 is 0.957 bits per heavy atom. The number of hydrogen-bond donors (Lipinski definition) is 2. The summed E-state index contributed by atoms with van der Waals surface area (Å²) < 4.78 is 0. The van der Waals surface area contributed by atoms with Gasteiger partial charge in [-0.15, -0.1) is 0 Å². The van der Waals surface area contributed by atoms with Crippen LogP contribution < -0.4 is 0 Å². The Hall–Kier alpha value is -2.00. The first kappa shape index (κ1) is 15.9. The number of nitrogens with zero attached hydrogens (tertiary/aromatic N) is 1. The maximum absolute atomic E-state index is 9.89. The van der Waals surface area contributed by atoms with Gasteiger partial charge in [0.05, 0.1) is 0 Å². The minimum Gasteiger partial charge on any atom is -0.504 e. The van der Waals surface area contributed by atoms with Crippen LogP contribution in [0.3, 0.4) is 0 Å². The van der Waals surface area contributed by atoms with Crippen LogP contribution in [0.25, 0.3) is 0 Å². The molecule has 0 radical (unpaired) electrons. The van der Waals surface area contributed by atoms with E-state index in [1.165, 1.54) is 5.56 Å². The van der Waals surface area contributed by atoms with E-state index >= 15 is 0 Å². The van der Waals surface area contributed by atoms with Crippen LogP contribution in [0, 0.1) is 0 Å². The van der Waals surface area contributed by atoms with Gasteiger partial charge in [0.1, 0.15) is 0 Å². The van der Waals surface area contributed by atoms with E-state index in [0.717, 1.165) is 38.0 Å². The van der Waals surface area contributed by atoms with Gasteiger partial charge in [-0.1, -0.05) is 43.3 Å². The van der Waals surface area contributed by atoms with Crippen molar-refractivity contribution >= 4 is 0 Å². The first-order valence-electron chi connectivity index (χ1n) is 8.48. The van der Waals surface area contributed by atoms with E-state index in [0.29, 0.717) is 11.8 Å². The highest BCUT2D eigenvalue weighted by Crippen LogP contribution is 2.41. The molecule has 0 amide bonds. The summed E-state index contributed by atoms with van der Waals surface area (Å²) in [5.74, 6) is 0.714.